The molecule has 102 valence electrons. The van der Waals surface area contributed by atoms with Crippen molar-refractivity contribution in [2.45, 2.75) is 6.92 Å². The summed E-state index contributed by atoms with van der Waals surface area (Å²) in [4.78, 5) is 18.5. The first-order chi connectivity index (χ1) is 9.59. The van der Waals surface area contributed by atoms with Crippen molar-refractivity contribution in [3.05, 3.63) is 47.9 Å². The molecule has 0 aliphatic heterocycles. The fourth-order valence-electron chi connectivity index (χ4n) is 2.31. The van der Waals surface area contributed by atoms with Gasteiger partial charge in [-0.3, -0.25) is 9.69 Å². The van der Waals surface area contributed by atoms with E-state index in [-0.39, 0.29) is 5.91 Å². The van der Waals surface area contributed by atoms with Gasteiger partial charge in [0.2, 0.25) is 5.95 Å². The zero-order valence-corrected chi connectivity index (χ0v) is 11.6. The van der Waals surface area contributed by atoms with Crippen molar-refractivity contribution in [3.8, 4) is 0 Å². The second-order valence-electron chi connectivity index (χ2n) is 4.71. The topological polar surface area (TPSA) is 51.3 Å². The standard InChI is InChI=1S/C15H15N3O2/c1-10-11(8-9-20-10)14(19)18(3)15-16-12-6-4-5-7-13(12)17(15)2/h4-9H,1-3H3. The lowest BCUT2D eigenvalue weighted by Gasteiger charge is -2.15. The van der Waals surface area contributed by atoms with Crippen LogP contribution in [0.5, 0.6) is 0 Å². The zero-order valence-electron chi connectivity index (χ0n) is 11.6. The van der Waals surface area contributed by atoms with E-state index in [4.69, 9.17) is 4.42 Å². The molecule has 3 rings (SSSR count). The Labute approximate surface area is 116 Å². The van der Waals surface area contributed by atoms with Gasteiger partial charge in [0.15, 0.2) is 0 Å². The second kappa shape index (κ2) is 4.52. The van der Waals surface area contributed by atoms with Crippen LogP contribution in [0.3, 0.4) is 0 Å². The summed E-state index contributed by atoms with van der Waals surface area (Å²) in [6.07, 6.45) is 1.52. The maximum absolute atomic E-state index is 12.5. The van der Waals surface area contributed by atoms with Gasteiger partial charge in [0.1, 0.15) is 5.76 Å². The number of rotatable bonds is 2. The smallest absolute Gasteiger partial charge is 0.263 e. The highest BCUT2D eigenvalue weighted by Gasteiger charge is 2.21. The van der Waals surface area contributed by atoms with Crippen LogP contribution in [0.4, 0.5) is 5.95 Å². The van der Waals surface area contributed by atoms with Crippen molar-refractivity contribution in [2.75, 3.05) is 11.9 Å². The van der Waals surface area contributed by atoms with E-state index in [1.54, 1.807) is 20.0 Å². The SMILES string of the molecule is Cc1occc1C(=O)N(C)c1nc2ccccc2n1C. The molecule has 0 fully saturated rings. The fraction of sp³-hybridized carbons (Fsp3) is 0.200. The summed E-state index contributed by atoms with van der Waals surface area (Å²) in [5.74, 6) is 1.09. The van der Waals surface area contributed by atoms with Gasteiger partial charge in [-0.15, -0.1) is 0 Å². The van der Waals surface area contributed by atoms with E-state index in [0.29, 0.717) is 17.3 Å². The highest BCUT2D eigenvalue weighted by atomic mass is 16.3. The minimum atomic E-state index is -0.130. The number of aromatic nitrogens is 2. The van der Waals surface area contributed by atoms with Crippen molar-refractivity contribution >= 4 is 22.9 Å². The molecule has 0 unspecified atom stereocenters. The van der Waals surface area contributed by atoms with Crippen LogP contribution in [0.2, 0.25) is 0 Å². The molecule has 0 aliphatic rings. The van der Waals surface area contributed by atoms with Crippen LogP contribution < -0.4 is 4.90 Å². The Morgan fingerprint density at radius 2 is 2.05 bits per heavy atom. The molecular formula is C15H15N3O2. The largest absolute Gasteiger partial charge is 0.469 e. The lowest BCUT2D eigenvalue weighted by atomic mass is 10.2. The molecule has 2 heterocycles. The summed E-state index contributed by atoms with van der Waals surface area (Å²) in [6, 6.07) is 9.47. The minimum absolute atomic E-state index is 0.130. The molecule has 0 N–H and O–H groups in total. The van der Waals surface area contributed by atoms with E-state index in [1.165, 1.54) is 11.2 Å². The van der Waals surface area contributed by atoms with Gasteiger partial charge in [-0.05, 0) is 25.1 Å². The van der Waals surface area contributed by atoms with Gasteiger partial charge in [-0.2, -0.15) is 0 Å². The average molecular weight is 269 g/mol. The van der Waals surface area contributed by atoms with Gasteiger partial charge < -0.3 is 8.98 Å². The number of amides is 1. The first-order valence-corrected chi connectivity index (χ1v) is 6.33. The Morgan fingerprint density at radius 3 is 2.70 bits per heavy atom. The molecule has 0 spiro atoms. The molecule has 5 heteroatoms. The number of aryl methyl sites for hydroxylation is 2. The lowest BCUT2D eigenvalue weighted by Crippen LogP contribution is -2.28. The first-order valence-electron chi connectivity index (χ1n) is 6.33. The number of nitrogens with zero attached hydrogens (tertiary/aromatic N) is 3. The van der Waals surface area contributed by atoms with E-state index >= 15 is 0 Å². The van der Waals surface area contributed by atoms with Crippen molar-refractivity contribution in [1.29, 1.82) is 0 Å². The Hall–Kier alpha value is -2.56. The summed E-state index contributed by atoms with van der Waals surface area (Å²) in [6.45, 7) is 1.77. The predicted molar refractivity (Wildman–Crippen MR) is 76.9 cm³/mol. The quantitative estimate of drug-likeness (QED) is 0.718. The molecule has 1 amide bonds. The van der Waals surface area contributed by atoms with Crippen molar-refractivity contribution in [1.82, 2.24) is 9.55 Å². The van der Waals surface area contributed by atoms with Gasteiger partial charge in [-0.25, -0.2) is 4.98 Å². The maximum atomic E-state index is 12.5. The first kappa shape index (κ1) is 12.5. The summed E-state index contributed by atoms with van der Waals surface area (Å²) < 4.78 is 7.09. The average Bonchev–Trinajstić information content (AvgIpc) is 3.02. The molecule has 2 aromatic heterocycles. The number of furan rings is 1. The van der Waals surface area contributed by atoms with Crippen LogP contribution in [0.25, 0.3) is 11.0 Å². The van der Waals surface area contributed by atoms with E-state index in [9.17, 15) is 4.79 Å². The van der Waals surface area contributed by atoms with Gasteiger partial charge >= 0.3 is 0 Å². The number of fused-ring (bicyclic) bond motifs is 1. The number of hydrogen-bond acceptors (Lipinski definition) is 3. The summed E-state index contributed by atoms with van der Waals surface area (Å²) >= 11 is 0. The normalized spacial score (nSPS) is 10.9. The van der Waals surface area contributed by atoms with E-state index in [2.05, 4.69) is 4.98 Å². The third kappa shape index (κ3) is 1.79. The van der Waals surface area contributed by atoms with Crippen molar-refractivity contribution in [3.63, 3.8) is 0 Å². The molecule has 0 radical (unpaired) electrons. The third-order valence-corrected chi connectivity index (χ3v) is 3.46. The number of carbonyl (C=O) groups is 1. The molecule has 0 saturated heterocycles. The van der Waals surface area contributed by atoms with Gasteiger partial charge in [-0.1, -0.05) is 12.1 Å². The second-order valence-corrected chi connectivity index (χ2v) is 4.71. The van der Waals surface area contributed by atoms with Crippen LogP contribution in [0.15, 0.2) is 41.0 Å². The molecule has 0 saturated carbocycles. The number of carbonyl (C=O) groups excluding carboxylic acids is 1. The molecule has 3 aromatic rings. The molecule has 5 nitrogen and oxygen atoms in total. The van der Waals surface area contributed by atoms with Crippen molar-refractivity contribution in [2.24, 2.45) is 7.05 Å². The Balaban J connectivity index is 2.05. The number of benzene rings is 1. The summed E-state index contributed by atoms with van der Waals surface area (Å²) in [7, 11) is 3.62. The number of anilines is 1. The minimum Gasteiger partial charge on any atom is -0.469 e. The summed E-state index contributed by atoms with van der Waals surface area (Å²) in [5.41, 5.74) is 2.42. The Morgan fingerprint density at radius 1 is 1.30 bits per heavy atom. The Kier molecular flexibility index (Phi) is 2.82. The van der Waals surface area contributed by atoms with E-state index < -0.39 is 0 Å². The third-order valence-electron chi connectivity index (χ3n) is 3.46. The van der Waals surface area contributed by atoms with E-state index in [0.717, 1.165) is 11.0 Å². The number of imidazole rings is 1. The fourth-order valence-corrected chi connectivity index (χ4v) is 2.31. The van der Waals surface area contributed by atoms with Gasteiger partial charge in [0.05, 0.1) is 22.9 Å². The molecule has 0 bridgehead atoms. The lowest BCUT2D eigenvalue weighted by molar-refractivity contribution is 0.0989. The number of hydrogen-bond donors (Lipinski definition) is 0. The highest BCUT2D eigenvalue weighted by molar-refractivity contribution is 6.06. The molecule has 1 aromatic carbocycles. The molecular weight excluding hydrogens is 254 g/mol. The highest BCUT2D eigenvalue weighted by Crippen LogP contribution is 2.22. The van der Waals surface area contributed by atoms with Crippen LogP contribution in [-0.2, 0) is 7.05 Å². The monoisotopic (exact) mass is 269 g/mol. The van der Waals surface area contributed by atoms with Crippen LogP contribution in [0, 0.1) is 6.92 Å². The number of para-hydroxylation sites is 2. The maximum Gasteiger partial charge on any atom is 0.263 e. The van der Waals surface area contributed by atoms with Crippen LogP contribution in [-0.4, -0.2) is 22.5 Å². The molecule has 0 atom stereocenters. The van der Waals surface area contributed by atoms with Crippen LogP contribution in [0.1, 0.15) is 16.1 Å². The summed E-state index contributed by atoms with van der Waals surface area (Å²) in [5, 5.41) is 0. The van der Waals surface area contributed by atoms with Gasteiger partial charge in [0, 0.05) is 14.1 Å². The predicted octanol–water partition coefficient (Wildman–Crippen LogP) is 2.75. The van der Waals surface area contributed by atoms with Gasteiger partial charge in [0.25, 0.3) is 5.91 Å². The van der Waals surface area contributed by atoms with Crippen molar-refractivity contribution < 1.29 is 9.21 Å². The molecule has 20 heavy (non-hydrogen) atoms. The van der Waals surface area contributed by atoms with Crippen LogP contribution >= 0.6 is 0 Å². The van der Waals surface area contributed by atoms with E-state index in [1.807, 2.05) is 35.9 Å². The Bertz CT molecular complexity index is 785. The zero-order chi connectivity index (χ0) is 14.3. The molecule has 0 aliphatic carbocycles.